The van der Waals surface area contributed by atoms with E-state index in [0.29, 0.717) is 23.5 Å². The van der Waals surface area contributed by atoms with Crippen LogP contribution in [0.1, 0.15) is 38.5 Å². The summed E-state index contributed by atoms with van der Waals surface area (Å²) < 4.78 is 10.6. The summed E-state index contributed by atoms with van der Waals surface area (Å²) in [6.45, 7) is -0.0840. The molecule has 0 atom stereocenters. The number of hydrogen-bond donors (Lipinski definition) is 0. The molecule has 0 spiro atoms. The summed E-state index contributed by atoms with van der Waals surface area (Å²) in [6, 6.07) is 4.44. The minimum Gasteiger partial charge on any atom is -0.496 e. The number of ketones is 1. The van der Waals surface area contributed by atoms with E-state index in [2.05, 4.69) is 0 Å². The number of ether oxygens (including phenoxy) is 2. The van der Waals surface area contributed by atoms with Gasteiger partial charge in [-0.2, -0.15) is 0 Å². The van der Waals surface area contributed by atoms with Gasteiger partial charge in [-0.1, -0.05) is 0 Å². The highest BCUT2D eigenvalue weighted by Crippen LogP contribution is 2.60. The fourth-order valence-corrected chi connectivity index (χ4v) is 5.64. The number of carbonyl (C=O) groups is 1. The summed E-state index contributed by atoms with van der Waals surface area (Å²) >= 11 is 0. The van der Waals surface area contributed by atoms with E-state index in [-0.39, 0.29) is 29.2 Å². The van der Waals surface area contributed by atoms with Crippen LogP contribution in [0, 0.1) is 33.3 Å². The van der Waals surface area contributed by atoms with Crippen molar-refractivity contribution in [3.05, 3.63) is 28.3 Å². The molecule has 0 aliphatic heterocycles. The van der Waals surface area contributed by atoms with Gasteiger partial charge in [0.15, 0.2) is 11.5 Å². The van der Waals surface area contributed by atoms with Crippen LogP contribution in [0.3, 0.4) is 0 Å². The van der Waals surface area contributed by atoms with Gasteiger partial charge < -0.3 is 9.47 Å². The predicted octanol–water partition coefficient (Wildman–Crippen LogP) is 3.77. The van der Waals surface area contributed by atoms with Crippen LogP contribution in [0.2, 0.25) is 0 Å². The Balaban J connectivity index is 1.48. The van der Waals surface area contributed by atoms with Gasteiger partial charge in [0, 0.05) is 5.41 Å². The number of nitro benzene ring substituents is 1. The maximum atomic E-state index is 13.0. The van der Waals surface area contributed by atoms with Crippen LogP contribution >= 0.6 is 0 Å². The molecular weight excluding hydrogens is 322 g/mol. The van der Waals surface area contributed by atoms with Crippen molar-refractivity contribution in [1.82, 2.24) is 0 Å². The molecule has 25 heavy (non-hydrogen) atoms. The lowest BCUT2D eigenvalue weighted by atomic mass is 9.48. The SMILES string of the molecule is COc1ccc(OCC(=O)C23CC4CC(CC(C4)C2)C3)c([N+](=O)[O-])c1. The number of hydrogen-bond acceptors (Lipinski definition) is 5. The molecule has 0 saturated heterocycles. The number of Topliss-reactive ketones (excluding diaryl/α,β-unsaturated/α-hetero) is 1. The van der Waals surface area contributed by atoms with Crippen molar-refractivity contribution in [3.8, 4) is 11.5 Å². The Bertz CT molecular complexity index is 678. The van der Waals surface area contributed by atoms with Gasteiger partial charge in [0.1, 0.15) is 12.4 Å². The molecule has 6 nitrogen and oxygen atoms in total. The van der Waals surface area contributed by atoms with Gasteiger partial charge in [-0.15, -0.1) is 0 Å². The molecular formula is C19H23NO5. The predicted molar refractivity (Wildman–Crippen MR) is 90.8 cm³/mol. The molecule has 4 bridgehead atoms. The Morgan fingerprint density at radius 1 is 1.20 bits per heavy atom. The second kappa shape index (κ2) is 6.00. The van der Waals surface area contributed by atoms with E-state index in [4.69, 9.17) is 9.47 Å². The standard InChI is InChI=1S/C19H23NO5/c1-24-15-2-3-17(16(7-15)20(22)23)25-11-18(21)19-8-12-4-13(9-19)6-14(5-12)10-19/h2-3,7,12-14H,4-6,8-11H2,1H3. The molecule has 0 amide bonds. The highest BCUT2D eigenvalue weighted by molar-refractivity contribution is 5.86. The van der Waals surface area contributed by atoms with Crippen molar-refractivity contribution in [3.63, 3.8) is 0 Å². The first-order valence-electron chi connectivity index (χ1n) is 8.97. The lowest BCUT2D eigenvalue weighted by molar-refractivity contribution is -0.385. The highest BCUT2D eigenvalue weighted by atomic mass is 16.6. The Morgan fingerprint density at radius 2 is 1.80 bits per heavy atom. The van der Waals surface area contributed by atoms with Gasteiger partial charge >= 0.3 is 5.69 Å². The third-order valence-electron chi connectivity index (χ3n) is 6.35. The molecule has 0 N–H and O–H groups in total. The van der Waals surface area contributed by atoms with Crippen LogP contribution in [0.25, 0.3) is 0 Å². The molecule has 1 aromatic carbocycles. The maximum Gasteiger partial charge on any atom is 0.314 e. The lowest BCUT2D eigenvalue weighted by Crippen LogP contribution is -2.51. The largest absolute Gasteiger partial charge is 0.496 e. The second-order valence-corrected chi connectivity index (χ2v) is 8.00. The van der Waals surface area contributed by atoms with Crippen LogP contribution in [-0.2, 0) is 4.79 Å². The zero-order valence-corrected chi connectivity index (χ0v) is 14.4. The maximum absolute atomic E-state index is 13.0. The normalized spacial score (nSPS) is 32.4. The fraction of sp³-hybridized carbons (Fsp3) is 0.632. The first-order chi connectivity index (χ1) is 12.0. The number of rotatable bonds is 6. The Kier molecular flexibility index (Phi) is 3.93. The number of methoxy groups -OCH3 is 1. The van der Waals surface area contributed by atoms with E-state index in [1.54, 1.807) is 6.07 Å². The van der Waals surface area contributed by atoms with Crippen LogP contribution in [-0.4, -0.2) is 24.4 Å². The Morgan fingerprint density at radius 3 is 2.32 bits per heavy atom. The van der Waals surface area contributed by atoms with Crippen molar-refractivity contribution in [2.45, 2.75) is 38.5 Å². The monoisotopic (exact) mass is 345 g/mol. The first-order valence-corrected chi connectivity index (χ1v) is 8.97. The van der Waals surface area contributed by atoms with Crippen molar-refractivity contribution in [2.24, 2.45) is 23.2 Å². The van der Waals surface area contributed by atoms with Crippen LogP contribution in [0.4, 0.5) is 5.69 Å². The topological polar surface area (TPSA) is 78.7 Å². The molecule has 5 rings (SSSR count). The van der Waals surface area contributed by atoms with Gasteiger partial charge in [-0.3, -0.25) is 14.9 Å². The molecule has 4 fully saturated rings. The molecule has 4 aliphatic rings. The number of carbonyl (C=O) groups excluding carboxylic acids is 1. The average Bonchev–Trinajstić information content (AvgIpc) is 2.58. The number of benzene rings is 1. The molecule has 6 heteroatoms. The molecule has 0 radical (unpaired) electrons. The quantitative estimate of drug-likeness (QED) is 0.579. The third-order valence-corrected chi connectivity index (χ3v) is 6.35. The molecule has 0 aromatic heterocycles. The summed E-state index contributed by atoms with van der Waals surface area (Å²) in [5, 5.41) is 11.2. The Labute approximate surface area is 146 Å². The summed E-state index contributed by atoms with van der Waals surface area (Å²) in [5.74, 6) is 2.70. The van der Waals surface area contributed by atoms with Gasteiger partial charge in [0.2, 0.25) is 0 Å². The van der Waals surface area contributed by atoms with Gasteiger partial charge in [0.05, 0.1) is 18.1 Å². The van der Waals surface area contributed by atoms with Crippen LogP contribution in [0.15, 0.2) is 18.2 Å². The Hall–Kier alpha value is -2.11. The third kappa shape index (κ3) is 2.87. The highest BCUT2D eigenvalue weighted by Gasteiger charge is 2.54. The zero-order valence-electron chi connectivity index (χ0n) is 14.4. The first kappa shape index (κ1) is 16.4. The summed E-state index contributed by atoms with van der Waals surface area (Å²) in [5.41, 5.74) is -0.409. The molecule has 0 unspecified atom stereocenters. The number of nitrogens with zero attached hydrogens (tertiary/aromatic N) is 1. The molecule has 0 heterocycles. The van der Waals surface area contributed by atoms with E-state index in [1.807, 2.05) is 0 Å². The average molecular weight is 345 g/mol. The van der Waals surface area contributed by atoms with Crippen molar-refractivity contribution < 1.29 is 19.2 Å². The smallest absolute Gasteiger partial charge is 0.314 e. The molecule has 134 valence electrons. The van der Waals surface area contributed by atoms with Crippen molar-refractivity contribution in [2.75, 3.05) is 13.7 Å². The lowest BCUT2D eigenvalue weighted by Gasteiger charge is -2.55. The fourth-order valence-electron chi connectivity index (χ4n) is 5.64. The van der Waals surface area contributed by atoms with E-state index < -0.39 is 4.92 Å². The molecule has 4 saturated carbocycles. The van der Waals surface area contributed by atoms with Gasteiger partial charge in [-0.25, -0.2) is 0 Å². The summed E-state index contributed by atoms with van der Waals surface area (Å²) in [4.78, 5) is 23.7. The minimum absolute atomic E-state index is 0.0840. The van der Waals surface area contributed by atoms with Gasteiger partial charge in [-0.05, 0) is 68.4 Å². The van der Waals surface area contributed by atoms with E-state index in [9.17, 15) is 14.9 Å². The van der Waals surface area contributed by atoms with Crippen molar-refractivity contribution >= 4 is 11.5 Å². The zero-order chi connectivity index (χ0) is 17.6. The van der Waals surface area contributed by atoms with E-state index in [0.717, 1.165) is 19.3 Å². The van der Waals surface area contributed by atoms with Crippen LogP contribution in [0.5, 0.6) is 11.5 Å². The second-order valence-electron chi connectivity index (χ2n) is 8.00. The summed E-state index contributed by atoms with van der Waals surface area (Å²) in [6.07, 6.45) is 6.76. The summed E-state index contributed by atoms with van der Waals surface area (Å²) in [7, 11) is 1.45. The molecule has 4 aliphatic carbocycles. The van der Waals surface area contributed by atoms with E-state index >= 15 is 0 Å². The minimum atomic E-state index is -0.507. The van der Waals surface area contributed by atoms with Crippen molar-refractivity contribution in [1.29, 1.82) is 0 Å². The number of nitro groups is 1. The van der Waals surface area contributed by atoms with Gasteiger partial charge in [0.25, 0.3) is 0 Å². The van der Waals surface area contributed by atoms with Crippen LogP contribution < -0.4 is 9.47 Å². The molecule has 1 aromatic rings. The van der Waals surface area contributed by atoms with E-state index in [1.165, 1.54) is 38.5 Å².